The van der Waals surface area contributed by atoms with Crippen molar-refractivity contribution in [1.82, 2.24) is 5.32 Å². The first kappa shape index (κ1) is 19.2. The number of benzene rings is 2. The summed E-state index contributed by atoms with van der Waals surface area (Å²) < 4.78 is 5.61. The Kier molecular flexibility index (Phi) is 6.28. The third kappa shape index (κ3) is 5.72. The lowest BCUT2D eigenvalue weighted by Crippen LogP contribution is -2.35. The molecule has 0 saturated heterocycles. The zero-order chi connectivity index (χ0) is 19.8. The Balaban J connectivity index is 2.01. The first-order chi connectivity index (χ1) is 12.9. The number of carbonyl (C=O) groups is 3. The first-order valence-electron chi connectivity index (χ1n) is 7.66. The number of rotatable bonds is 6. The number of aromatic carboxylic acids is 1. The number of carbonyl (C=O) groups excluding carboxylic acids is 2. The normalized spacial score (nSPS) is 10.6. The van der Waals surface area contributed by atoms with E-state index in [1.165, 1.54) is 18.2 Å². The maximum absolute atomic E-state index is 11.6. The summed E-state index contributed by atoms with van der Waals surface area (Å²) in [5.74, 6) is -1.32. The Hall–Kier alpha value is -4.12. The molecule has 0 aliphatic rings. The summed E-state index contributed by atoms with van der Waals surface area (Å²) in [6.07, 6.45) is 1.31. The fourth-order valence-corrected chi connectivity index (χ4v) is 2.06. The number of imide groups is 1. The predicted octanol–water partition coefficient (Wildman–Crippen LogP) is 2.07. The van der Waals surface area contributed by atoms with Crippen LogP contribution in [-0.4, -0.2) is 23.0 Å². The van der Waals surface area contributed by atoms with E-state index >= 15 is 0 Å². The van der Waals surface area contributed by atoms with Gasteiger partial charge in [0.15, 0.2) is 0 Å². The van der Waals surface area contributed by atoms with Crippen LogP contribution in [0.25, 0.3) is 6.08 Å². The van der Waals surface area contributed by atoms with Crippen molar-refractivity contribution >= 4 is 24.0 Å². The number of carboxylic acids is 1. The number of ether oxygens (including phenoxy) is 1. The minimum atomic E-state index is -1.04. The van der Waals surface area contributed by atoms with Crippen LogP contribution >= 0.6 is 0 Å². The summed E-state index contributed by atoms with van der Waals surface area (Å²) in [7, 11) is 0. The number of nitrogens with one attached hydrogen (secondary N) is 1. The molecule has 8 nitrogen and oxygen atoms in total. The molecular weight excluding hydrogens is 350 g/mol. The van der Waals surface area contributed by atoms with Crippen LogP contribution in [0.2, 0.25) is 0 Å². The molecule has 0 spiro atoms. The van der Waals surface area contributed by atoms with Gasteiger partial charge in [-0.05, 0) is 41.5 Å². The minimum absolute atomic E-state index is 0.198. The van der Waals surface area contributed by atoms with Crippen molar-refractivity contribution in [1.29, 1.82) is 5.26 Å². The van der Waals surface area contributed by atoms with Crippen LogP contribution in [0.5, 0.6) is 5.75 Å². The van der Waals surface area contributed by atoms with E-state index in [-0.39, 0.29) is 17.7 Å². The van der Waals surface area contributed by atoms with Gasteiger partial charge in [0.2, 0.25) is 0 Å². The molecule has 0 aromatic heterocycles. The Morgan fingerprint density at radius 2 is 1.74 bits per heavy atom. The molecule has 2 aromatic rings. The topological polar surface area (TPSA) is 143 Å². The van der Waals surface area contributed by atoms with Gasteiger partial charge in [0.1, 0.15) is 24.0 Å². The van der Waals surface area contributed by atoms with Gasteiger partial charge in [-0.15, -0.1) is 0 Å². The number of amides is 3. The standard InChI is InChI=1S/C19H15N3O5/c20-10-15(17(23)22-19(21)26)9-12-3-7-16(8-4-12)27-11-13-1-5-14(6-2-13)18(24)25/h1-9H,11H2,(H,24,25)(H3,21,22,23,26)/b15-9-. The Morgan fingerprint density at radius 1 is 1.11 bits per heavy atom. The van der Waals surface area contributed by atoms with Crippen molar-refractivity contribution in [2.24, 2.45) is 5.73 Å². The molecule has 27 heavy (non-hydrogen) atoms. The lowest BCUT2D eigenvalue weighted by Gasteiger charge is -2.07. The van der Waals surface area contributed by atoms with Gasteiger partial charge in [0, 0.05) is 0 Å². The van der Waals surface area contributed by atoms with Gasteiger partial charge in [-0.2, -0.15) is 5.26 Å². The van der Waals surface area contributed by atoms with Gasteiger partial charge in [-0.25, -0.2) is 9.59 Å². The van der Waals surface area contributed by atoms with Crippen molar-refractivity contribution in [2.45, 2.75) is 6.61 Å². The fraction of sp³-hybridized carbons (Fsp3) is 0.0526. The molecule has 0 bridgehead atoms. The average molecular weight is 365 g/mol. The number of carboxylic acid groups (broad SMARTS) is 1. The number of hydrogen-bond donors (Lipinski definition) is 3. The summed E-state index contributed by atoms with van der Waals surface area (Å²) in [6.45, 7) is 0.250. The maximum Gasteiger partial charge on any atom is 0.335 e. The molecule has 2 aromatic carbocycles. The van der Waals surface area contributed by atoms with Gasteiger partial charge in [-0.1, -0.05) is 24.3 Å². The van der Waals surface area contributed by atoms with Crippen LogP contribution in [-0.2, 0) is 11.4 Å². The number of urea groups is 1. The highest BCUT2D eigenvalue weighted by atomic mass is 16.5. The number of nitriles is 1. The van der Waals surface area contributed by atoms with E-state index in [9.17, 15) is 14.4 Å². The van der Waals surface area contributed by atoms with Gasteiger partial charge in [0.05, 0.1) is 5.56 Å². The van der Waals surface area contributed by atoms with Gasteiger partial charge in [-0.3, -0.25) is 10.1 Å². The summed E-state index contributed by atoms with van der Waals surface area (Å²) in [6, 6.07) is 13.6. The lowest BCUT2D eigenvalue weighted by molar-refractivity contribution is -0.115. The Morgan fingerprint density at radius 3 is 2.26 bits per heavy atom. The van der Waals surface area contributed by atoms with Crippen LogP contribution in [0, 0.1) is 11.3 Å². The number of nitrogens with zero attached hydrogens (tertiary/aromatic N) is 1. The average Bonchev–Trinajstić information content (AvgIpc) is 2.65. The molecule has 8 heteroatoms. The lowest BCUT2D eigenvalue weighted by atomic mass is 10.1. The second kappa shape index (κ2) is 8.82. The van der Waals surface area contributed by atoms with Crippen LogP contribution < -0.4 is 15.8 Å². The molecular formula is C19H15N3O5. The monoisotopic (exact) mass is 365 g/mol. The van der Waals surface area contributed by atoms with Crippen molar-refractivity contribution in [3.63, 3.8) is 0 Å². The second-order valence-corrected chi connectivity index (χ2v) is 5.35. The Labute approximate surface area is 154 Å². The largest absolute Gasteiger partial charge is 0.489 e. The molecule has 2 rings (SSSR count). The smallest absolute Gasteiger partial charge is 0.335 e. The third-order valence-electron chi connectivity index (χ3n) is 3.40. The number of primary amides is 1. The van der Waals surface area contributed by atoms with E-state index in [4.69, 9.17) is 20.8 Å². The second-order valence-electron chi connectivity index (χ2n) is 5.35. The summed E-state index contributed by atoms with van der Waals surface area (Å²) in [4.78, 5) is 33.1. The number of nitrogens with two attached hydrogens (primary N) is 1. The van der Waals surface area contributed by atoms with Crippen molar-refractivity contribution in [3.05, 3.63) is 70.8 Å². The maximum atomic E-state index is 11.6. The van der Waals surface area contributed by atoms with E-state index in [1.54, 1.807) is 42.5 Å². The van der Waals surface area contributed by atoms with Crippen molar-refractivity contribution in [3.8, 4) is 11.8 Å². The molecule has 0 aliphatic heterocycles. The quantitative estimate of drug-likeness (QED) is 0.528. The first-order valence-corrected chi connectivity index (χ1v) is 7.66. The van der Waals surface area contributed by atoms with E-state index in [0.717, 1.165) is 5.56 Å². The zero-order valence-electron chi connectivity index (χ0n) is 14.0. The highest BCUT2D eigenvalue weighted by molar-refractivity contribution is 6.08. The molecule has 0 radical (unpaired) electrons. The molecule has 4 N–H and O–H groups in total. The molecule has 0 saturated carbocycles. The molecule has 0 unspecified atom stereocenters. The van der Waals surface area contributed by atoms with Gasteiger partial charge in [0.25, 0.3) is 5.91 Å². The summed E-state index contributed by atoms with van der Waals surface area (Å²) in [5, 5.41) is 19.7. The molecule has 0 atom stereocenters. The molecule has 0 heterocycles. The SMILES string of the molecule is N#C/C(=C/c1ccc(OCc2ccc(C(=O)O)cc2)cc1)C(=O)NC(N)=O. The highest BCUT2D eigenvalue weighted by Crippen LogP contribution is 2.16. The summed E-state index contributed by atoms with van der Waals surface area (Å²) in [5.41, 5.74) is 6.15. The molecule has 0 fully saturated rings. The van der Waals surface area contributed by atoms with Crippen LogP contribution in [0.1, 0.15) is 21.5 Å². The molecule has 0 aliphatic carbocycles. The van der Waals surface area contributed by atoms with Crippen LogP contribution in [0.4, 0.5) is 4.79 Å². The van der Waals surface area contributed by atoms with Gasteiger partial charge < -0.3 is 15.6 Å². The van der Waals surface area contributed by atoms with E-state index in [2.05, 4.69) is 0 Å². The van der Waals surface area contributed by atoms with Crippen LogP contribution in [0.3, 0.4) is 0 Å². The minimum Gasteiger partial charge on any atom is -0.489 e. The fourth-order valence-electron chi connectivity index (χ4n) is 2.06. The van der Waals surface area contributed by atoms with E-state index in [1.807, 2.05) is 5.32 Å². The Bertz CT molecular complexity index is 925. The number of hydrogen-bond acceptors (Lipinski definition) is 5. The van der Waals surface area contributed by atoms with E-state index in [0.29, 0.717) is 11.3 Å². The van der Waals surface area contributed by atoms with Crippen LogP contribution in [0.15, 0.2) is 54.1 Å². The van der Waals surface area contributed by atoms with Gasteiger partial charge >= 0.3 is 12.0 Å². The summed E-state index contributed by atoms with van der Waals surface area (Å²) >= 11 is 0. The zero-order valence-corrected chi connectivity index (χ0v) is 14.0. The third-order valence-corrected chi connectivity index (χ3v) is 3.40. The predicted molar refractivity (Wildman–Crippen MR) is 95.5 cm³/mol. The highest BCUT2D eigenvalue weighted by Gasteiger charge is 2.10. The van der Waals surface area contributed by atoms with E-state index < -0.39 is 17.9 Å². The molecule has 136 valence electrons. The van der Waals surface area contributed by atoms with Crippen molar-refractivity contribution < 1.29 is 24.2 Å². The van der Waals surface area contributed by atoms with Crippen molar-refractivity contribution in [2.75, 3.05) is 0 Å². The molecule has 3 amide bonds.